The molecule has 0 unspecified atom stereocenters. The summed E-state index contributed by atoms with van der Waals surface area (Å²) in [4.78, 5) is 24.9. The number of benzene rings is 2. The molecule has 0 aliphatic carbocycles. The molecule has 0 spiro atoms. The van der Waals surface area contributed by atoms with E-state index in [-0.39, 0.29) is 11.1 Å². The van der Waals surface area contributed by atoms with Gasteiger partial charge < -0.3 is 59.5 Å². The van der Waals surface area contributed by atoms with E-state index in [2.05, 4.69) is 0 Å². The van der Waals surface area contributed by atoms with E-state index in [1.165, 1.54) is 6.07 Å². The molecule has 0 bridgehead atoms. The topological polar surface area (TPSA) is 237 Å². The number of phenols is 4. The number of ether oxygens (including phenoxy) is 3. The fourth-order valence-electron chi connectivity index (χ4n) is 3.71. The lowest BCUT2D eigenvalue weighted by Crippen LogP contribution is -2.61. The van der Waals surface area contributed by atoms with Crippen molar-refractivity contribution < 1.29 is 64.3 Å². The molecule has 5 atom stereocenters. The number of aliphatic hydroxyl groups excluding tert-OH is 3. The molecule has 0 saturated carbocycles. The number of carboxylic acid groups (broad SMARTS) is 1. The molecule has 0 amide bonds. The van der Waals surface area contributed by atoms with E-state index in [4.69, 9.17) is 18.6 Å². The van der Waals surface area contributed by atoms with E-state index in [0.717, 1.165) is 25.3 Å². The molecule has 0 radical (unpaired) electrons. The molecule has 36 heavy (non-hydrogen) atoms. The number of hydrogen-bond donors (Lipinski definition) is 8. The van der Waals surface area contributed by atoms with Crippen molar-refractivity contribution in [2.45, 2.75) is 30.7 Å². The van der Waals surface area contributed by atoms with Crippen LogP contribution in [0.25, 0.3) is 22.3 Å². The maximum Gasteiger partial charge on any atom is 0.335 e. The van der Waals surface area contributed by atoms with Gasteiger partial charge in [-0.3, -0.25) is 4.79 Å². The number of methoxy groups -OCH3 is 1. The summed E-state index contributed by atoms with van der Waals surface area (Å²) in [5, 5.41) is 79.2. The molecular formula is C22H20O14. The second kappa shape index (κ2) is 9.09. The average molecular weight is 508 g/mol. The largest absolute Gasteiger partial charge is 0.504 e. The van der Waals surface area contributed by atoms with Crippen LogP contribution in [0.15, 0.2) is 33.5 Å². The van der Waals surface area contributed by atoms with Gasteiger partial charge in [-0.2, -0.15) is 0 Å². The number of hydrogen-bond acceptors (Lipinski definition) is 13. The van der Waals surface area contributed by atoms with E-state index in [1.54, 1.807) is 0 Å². The number of fused-ring (bicyclic) bond motifs is 1. The molecule has 2 aromatic carbocycles. The molecule has 1 fully saturated rings. The summed E-state index contributed by atoms with van der Waals surface area (Å²) in [5.74, 6) is -6.00. The highest BCUT2D eigenvalue weighted by atomic mass is 16.7. The molecule has 2 heterocycles. The Kier molecular flexibility index (Phi) is 6.28. The second-order valence-corrected chi connectivity index (χ2v) is 7.80. The highest BCUT2D eigenvalue weighted by molar-refractivity contribution is 5.91. The second-order valence-electron chi connectivity index (χ2n) is 7.80. The van der Waals surface area contributed by atoms with Gasteiger partial charge in [-0.05, 0) is 18.2 Å². The maximum absolute atomic E-state index is 13.5. The molecule has 1 saturated heterocycles. The summed E-state index contributed by atoms with van der Waals surface area (Å²) < 4.78 is 21.1. The standard InChI is InChI=1S/C22H20O14/c1-33-18-9(25)5-10-11(12(18)26)13(27)19(17(34-10)6-2-3-7(23)8(24)4-6)35-22-16(30)14(28)15(29)20(36-22)21(31)32/h2-5,14-16,20,22-26,28-30H,1H3,(H,31,32)/t14-,15-,16+,20+,22+/m1/s1. The summed E-state index contributed by atoms with van der Waals surface area (Å²) in [7, 11) is 1.11. The van der Waals surface area contributed by atoms with Gasteiger partial charge in [-0.1, -0.05) is 0 Å². The third-order valence-electron chi connectivity index (χ3n) is 5.54. The van der Waals surface area contributed by atoms with Crippen LogP contribution in [0.2, 0.25) is 0 Å². The van der Waals surface area contributed by atoms with Gasteiger partial charge in [0.25, 0.3) is 0 Å². The monoisotopic (exact) mass is 508 g/mol. The van der Waals surface area contributed by atoms with Crippen molar-refractivity contribution in [2.24, 2.45) is 0 Å². The predicted molar refractivity (Wildman–Crippen MR) is 116 cm³/mol. The first-order chi connectivity index (χ1) is 17.0. The third kappa shape index (κ3) is 3.97. The molecule has 4 rings (SSSR count). The lowest BCUT2D eigenvalue weighted by Gasteiger charge is -2.38. The highest BCUT2D eigenvalue weighted by Gasteiger charge is 2.48. The SMILES string of the molecule is COc1c(O)cc2oc(-c3ccc(O)c(O)c3)c(O[C@H]3O[C@H](C(=O)O)[C@H](O)[C@@H](O)[C@@H]3O)c(=O)c2c1O. The Bertz CT molecular complexity index is 1400. The molecule has 8 N–H and O–H groups in total. The molecule has 192 valence electrons. The number of aliphatic hydroxyl groups is 3. The number of phenolic OH excluding ortho intramolecular Hbond substituents is 4. The van der Waals surface area contributed by atoms with E-state index in [9.17, 15) is 50.4 Å². The van der Waals surface area contributed by atoms with Gasteiger partial charge in [0.2, 0.25) is 23.2 Å². The fraction of sp³-hybridized carbons (Fsp3) is 0.273. The summed E-state index contributed by atoms with van der Waals surface area (Å²) in [6.45, 7) is 0. The molecule has 1 aliphatic heterocycles. The number of aromatic hydroxyl groups is 4. The fourth-order valence-corrected chi connectivity index (χ4v) is 3.71. The Balaban J connectivity index is 1.95. The van der Waals surface area contributed by atoms with Gasteiger partial charge in [-0.25, -0.2) is 4.79 Å². The normalized spacial score (nSPS) is 23.9. The smallest absolute Gasteiger partial charge is 0.335 e. The van der Waals surface area contributed by atoms with Crippen LogP contribution in [0.1, 0.15) is 0 Å². The number of carboxylic acids is 1. The van der Waals surface area contributed by atoms with Crippen LogP contribution < -0.4 is 14.9 Å². The van der Waals surface area contributed by atoms with Gasteiger partial charge in [0, 0.05) is 11.6 Å². The van der Waals surface area contributed by atoms with Crippen LogP contribution in [-0.4, -0.2) is 84.6 Å². The molecule has 1 aromatic heterocycles. The van der Waals surface area contributed by atoms with E-state index < -0.39 is 87.7 Å². The summed E-state index contributed by atoms with van der Waals surface area (Å²) in [6, 6.07) is 4.18. The van der Waals surface area contributed by atoms with Crippen LogP contribution in [-0.2, 0) is 9.53 Å². The molecule has 3 aromatic rings. The zero-order chi connectivity index (χ0) is 26.5. The first-order valence-corrected chi connectivity index (χ1v) is 10.2. The minimum absolute atomic E-state index is 0.0743. The van der Waals surface area contributed by atoms with Gasteiger partial charge in [0.05, 0.1) is 7.11 Å². The van der Waals surface area contributed by atoms with Crippen LogP contribution in [0.5, 0.6) is 34.5 Å². The predicted octanol–water partition coefficient (Wildman–Crippen LogP) is -0.438. The van der Waals surface area contributed by atoms with E-state index >= 15 is 0 Å². The van der Waals surface area contributed by atoms with Crippen molar-refractivity contribution in [2.75, 3.05) is 7.11 Å². The van der Waals surface area contributed by atoms with Crippen LogP contribution >= 0.6 is 0 Å². The number of carbonyl (C=O) groups is 1. The Labute approximate surface area is 200 Å². The quantitative estimate of drug-likeness (QED) is 0.204. The van der Waals surface area contributed by atoms with Gasteiger partial charge in [0.15, 0.2) is 34.9 Å². The van der Waals surface area contributed by atoms with E-state index in [0.29, 0.717) is 0 Å². The number of aliphatic carboxylic acids is 1. The van der Waals surface area contributed by atoms with Crippen molar-refractivity contribution in [3.63, 3.8) is 0 Å². The van der Waals surface area contributed by atoms with Crippen molar-refractivity contribution >= 4 is 16.9 Å². The Morgan fingerprint density at radius 1 is 0.917 bits per heavy atom. The minimum atomic E-state index is -2.05. The van der Waals surface area contributed by atoms with Gasteiger partial charge >= 0.3 is 5.97 Å². The van der Waals surface area contributed by atoms with E-state index in [1.807, 2.05) is 0 Å². The van der Waals surface area contributed by atoms with Gasteiger partial charge in [-0.15, -0.1) is 0 Å². The summed E-state index contributed by atoms with van der Waals surface area (Å²) >= 11 is 0. The first kappa shape index (κ1) is 24.9. The van der Waals surface area contributed by atoms with Crippen LogP contribution in [0.4, 0.5) is 0 Å². The highest BCUT2D eigenvalue weighted by Crippen LogP contribution is 2.44. The maximum atomic E-state index is 13.5. The molecular weight excluding hydrogens is 488 g/mol. The average Bonchev–Trinajstić information content (AvgIpc) is 2.82. The molecule has 1 aliphatic rings. The van der Waals surface area contributed by atoms with Crippen LogP contribution in [0.3, 0.4) is 0 Å². The number of rotatable bonds is 5. The summed E-state index contributed by atoms with van der Waals surface area (Å²) in [6.07, 6.45) is -10.2. The Hall–Kier alpha value is -4.24. The third-order valence-corrected chi connectivity index (χ3v) is 5.54. The van der Waals surface area contributed by atoms with Crippen molar-refractivity contribution in [1.29, 1.82) is 0 Å². The Morgan fingerprint density at radius 3 is 2.22 bits per heavy atom. The minimum Gasteiger partial charge on any atom is -0.504 e. The summed E-state index contributed by atoms with van der Waals surface area (Å²) in [5.41, 5.74) is -1.55. The first-order valence-electron chi connectivity index (χ1n) is 10.2. The Morgan fingerprint density at radius 2 is 1.61 bits per heavy atom. The molecule has 14 nitrogen and oxygen atoms in total. The van der Waals surface area contributed by atoms with Crippen molar-refractivity contribution in [3.8, 4) is 45.8 Å². The van der Waals surface area contributed by atoms with Crippen molar-refractivity contribution in [1.82, 2.24) is 0 Å². The molecule has 14 heteroatoms. The van der Waals surface area contributed by atoms with Gasteiger partial charge in [0.1, 0.15) is 29.3 Å². The lowest BCUT2D eigenvalue weighted by atomic mass is 9.99. The van der Waals surface area contributed by atoms with Crippen LogP contribution in [0, 0.1) is 0 Å². The van der Waals surface area contributed by atoms with Crippen molar-refractivity contribution in [3.05, 3.63) is 34.5 Å². The lowest BCUT2D eigenvalue weighted by molar-refractivity contribution is -0.271. The zero-order valence-corrected chi connectivity index (χ0v) is 18.2. The zero-order valence-electron chi connectivity index (χ0n) is 18.2.